The Balaban J connectivity index is 1.67. The van der Waals surface area contributed by atoms with Crippen LogP contribution in [0.4, 0.5) is 0 Å². The normalized spacial score (nSPS) is 19.1. The molecule has 1 unspecified atom stereocenters. The molecule has 6 nitrogen and oxygen atoms in total. The Labute approximate surface area is 155 Å². The molecule has 1 amide bonds. The number of rotatable bonds is 7. The van der Waals surface area contributed by atoms with E-state index in [1.54, 1.807) is 6.20 Å². The van der Waals surface area contributed by atoms with Gasteiger partial charge in [0.05, 0.1) is 19.3 Å². The molecule has 1 atom stereocenters. The number of carbonyl (C=O) groups excluding carboxylic acids is 1. The van der Waals surface area contributed by atoms with Gasteiger partial charge in [-0.2, -0.15) is 5.10 Å². The van der Waals surface area contributed by atoms with Gasteiger partial charge in [-0.15, -0.1) is 0 Å². The lowest BCUT2D eigenvalue weighted by Gasteiger charge is -2.26. The van der Waals surface area contributed by atoms with Crippen molar-refractivity contribution < 1.29 is 9.53 Å². The molecule has 1 fully saturated rings. The standard InChI is InChI=1S/C20H28N4O2/c1-16(2)10-24-13-19(26-15-17-6-4-3-5-7-17)12-23(14-20(24)25)11-18-8-9-21-22-18/h3-9,16,19H,10-15H2,1-2H3,(H,21,22). The maximum absolute atomic E-state index is 12.7. The average Bonchev–Trinajstić information content (AvgIpc) is 3.07. The Morgan fingerprint density at radius 1 is 1.23 bits per heavy atom. The van der Waals surface area contributed by atoms with Crippen LogP contribution in [0.25, 0.3) is 0 Å². The fourth-order valence-corrected chi connectivity index (χ4v) is 3.29. The van der Waals surface area contributed by atoms with Gasteiger partial charge in [-0.3, -0.25) is 14.8 Å². The number of H-pyrrole nitrogens is 1. The minimum atomic E-state index is -0.0108. The van der Waals surface area contributed by atoms with Gasteiger partial charge < -0.3 is 9.64 Å². The van der Waals surface area contributed by atoms with E-state index in [0.717, 1.165) is 24.3 Å². The topological polar surface area (TPSA) is 61.5 Å². The third-order valence-electron chi connectivity index (χ3n) is 4.46. The van der Waals surface area contributed by atoms with Crippen molar-refractivity contribution >= 4 is 5.91 Å². The molecular weight excluding hydrogens is 328 g/mol. The second kappa shape index (κ2) is 8.96. The van der Waals surface area contributed by atoms with Gasteiger partial charge in [-0.1, -0.05) is 44.2 Å². The Morgan fingerprint density at radius 2 is 2.04 bits per heavy atom. The number of amides is 1. The van der Waals surface area contributed by atoms with Gasteiger partial charge in [-0.25, -0.2) is 0 Å². The van der Waals surface area contributed by atoms with Crippen molar-refractivity contribution in [3.05, 3.63) is 53.9 Å². The van der Waals surface area contributed by atoms with E-state index in [1.807, 2.05) is 29.2 Å². The van der Waals surface area contributed by atoms with Crippen LogP contribution in [-0.4, -0.2) is 58.2 Å². The number of hydrogen-bond acceptors (Lipinski definition) is 4. The zero-order valence-corrected chi connectivity index (χ0v) is 15.6. The fraction of sp³-hybridized carbons (Fsp3) is 0.500. The summed E-state index contributed by atoms with van der Waals surface area (Å²) in [7, 11) is 0. The Morgan fingerprint density at radius 3 is 2.73 bits per heavy atom. The minimum Gasteiger partial charge on any atom is -0.370 e. The molecule has 0 bridgehead atoms. The number of ether oxygens (including phenoxy) is 1. The van der Waals surface area contributed by atoms with Crippen molar-refractivity contribution in [3.8, 4) is 0 Å². The summed E-state index contributed by atoms with van der Waals surface area (Å²) < 4.78 is 6.20. The molecule has 1 aromatic carbocycles. The lowest BCUT2D eigenvalue weighted by atomic mass is 10.2. The third-order valence-corrected chi connectivity index (χ3v) is 4.46. The summed E-state index contributed by atoms with van der Waals surface area (Å²) in [5.41, 5.74) is 2.16. The van der Waals surface area contributed by atoms with Gasteiger partial charge in [0.25, 0.3) is 0 Å². The highest BCUT2D eigenvalue weighted by molar-refractivity contribution is 5.78. The van der Waals surface area contributed by atoms with Crippen LogP contribution in [-0.2, 0) is 22.7 Å². The fourth-order valence-electron chi connectivity index (χ4n) is 3.29. The van der Waals surface area contributed by atoms with Gasteiger partial charge in [0, 0.05) is 38.1 Å². The molecule has 0 aliphatic carbocycles. The summed E-state index contributed by atoms with van der Waals surface area (Å²) in [4.78, 5) is 16.8. The molecule has 1 aromatic heterocycles. The van der Waals surface area contributed by atoms with Crippen molar-refractivity contribution in [1.82, 2.24) is 20.0 Å². The number of benzene rings is 1. The number of carbonyl (C=O) groups is 1. The van der Waals surface area contributed by atoms with Crippen LogP contribution in [0.5, 0.6) is 0 Å². The highest BCUT2D eigenvalue weighted by Crippen LogP contribution is 2.14. The van der Waals surface area contributed by atoms with E-state index in [4.69, 9.17) is 4.74 Å². The smallest absolute Gasteiger partial charge is 0.236 e. The van der Waals surface area contributed by atoms with Gasteiger partial charge in [0.1, 0.15) is 0 Å². The lowest BCUT2D eigenvalue weighted by Crippen LogP contribution is -2.40. The van der Waals surface area contributed by atoms with Crippen molar-refractivity contribution in [1.29, 1.82) is 0 Å². The first-order valence-electron chi connectivity index (χ1n) is 9.24. The first kappa shape index (κ1) is 18.6. The molecular formula is C20H28N4O2. The van der Waals surface area contributed by atoms with Crippen LogP contribution in [0.1, 0.15) is 25.1 Å². The molecule has 0 spiro atoms. The van der Waals surface area contributed by atoms with Crippen molar-refractivity contribution in [3.63, 3.8) is 0 Å². The summed E-state index contributed by atoms with van der Waals surface area (Å²) in [6.45, 7) is 8.06. The second-order valence-electron chi connectivity index (χ2n) is 7.36. The molecule has 0 radical (unpaired) electrons. The highest BCUT2D eigenvalue weighted by Gasteiger charge is 2.28. The van der Waals surface area contributed by atoms with Gasteiger partial charge in [-0.05, 0) is 17.5 Å². The predicted molar refractivity (Wildman–Crippen MR) is 100 cm³/mol. The minimum absolute atomic E-state index is 0.0108. The zero-order chi connectivity index (χ0) is 18.4. The molecule has 0 saturated carbocycles. The summed E-state index contributed by atoms with van der Waals surface area (Å²) in [5, 5.41) is 6.98. The van der Waals surface area contributed by atoms with Crippen molar-refractivity contribution in [2.24, 2.45) is 5.92 Å². The number of hydrogen-bond donors (Lipinski definition) is 1. The van der Waals surface area contributed by atoms with E-state index in [2.05, 4.69) is 41.1 Å². The summed E-state index contributed by atoms with van der Waals surface area (Å²) in [6.07, 6.45) is 1.73. The summed E-state index contributed by atoms with van der Waals surface area (Å²) >= 11 is 0. The Kier molecular flexibility index (Phi) is 6.41. The van der Waals surface area contributed by atoms with Crippen LogP contribution >= 0.6 is 0 Å². The molecule has 26 heavy (non-hydrogen) atoms. The molecule has 6 heteroatoms. The number of aromatic nitrogens is 2. The maximum Gasteiger partial charge on any atom is 0.236 e. The monoisotopic (exact) mass is 356 g/mol. The predicted octanol–water partition coefficient (Wildman–Crippen LogP) is 2.30. The number of aromatic amines is 1. The molecule has 1 aliphatic rings. The second-order valence-corrected chi connectivity index (χ2v) is 7.36. The van der Waals surface area contributed by atoms with E-state index in [0.29, 0.717) is 32.2 Å². The SMILES string of the molecule is CC(C)CN1CC(OCc2ccccc2)CN(Cc2ccn[nH]2)CC1=O. The Hall–Kier alpha value is -2.18. The lowest BCUT2D eigenvalue weighted by molar-refractivity contribution is -0.132. The number of nitrogens with zero attached hydrogens (tertiary/aromatic N) is 3. The molecule has 1 aliphatic heterocycles. The average molecular weight is 356 g/mol. The van der Waals surface area contributed by atoms with Gasteiger partial charge in [0.15, 0.2) is 0 Å². The first-order valence-corrected chi connectivity index (χ1v) is 9.24. The molecule has 1 N–H and O–H groups in total. The number of nitrogens with one attached hydrogen (secondary N) is 1. The molecule has 2 aromatic rings. The quantitative estimate of drug-likeness (QED) is 0.827. The van der Waals surface area contributed by atoms with Crippen LogP contribution < -0.4 is 0 Å². The van der Waals surface area contributed by atoms with E-state index in [9.17, 15) is 4.79 Å². The van der Waals surface area contributed by atoms with E-state index in [-0.39, 0.29) is 12.0 Å². The Bertz CT molecular complexity index is 672. The van der Waals surface area contributed by atoms with E-state index in [1.165, 1.54) is 0 Å². The first-order chi connectivity index (χ1) is 12.6. The summed E-state index contributed by atoms with van der Waals surface area (Å²) in [6, 6.07) is 12.1. The zero-order valence-electron chi connectivity index (χ0n) is 15.6. The van der Waals surface area contributed by atoms with Gasteiger partial charge >= 0.3 is 0 Å². The largest absolute Gasteiger partial charge is 0.370 e. The highest BCUT2D eigenvalue weighted by atomic mass is 16.5. The molecule has 3 rings (SSSR count). The summed E-state index contributed by atoms with van der Waals surface area (Å²) in [5.74, 6) is 0.608. The molecule has 2 heterocycles. The van der Waals surface area contributed by atoms with Crippen LogP contribution in [0.15, 0.2) is 42.6 Å². The van der Waals surface area contributed by atoms with Crippen LogP contribution in [0.2, 0.25) is 0 Å². The van der Waals surface area contributed by atoms with E-state index >= 15 is 0 Å². The van der Waals surface area contributed by atoms with Crippen molar-refractivity contribution in [2.75, 3.05) is 26.2 Å². The van der Waals surface area contributed by atoms with Crippen molar-refractivity contribution in [2.45, 2.75) is 33.1 Å². The third kappa shape index (κ3) is 5.41. The molecule has 1 saturated heterocycles. The maximum atomic E-state index is 12.7. The van der Waals surface area contributed by atoms with Crippen LogP contribution in [0, 0.1) is 5.92 Å². The van der Waals surface area contributed by atoms with Crippen LogP contribution in [0.3, 0.4) is 0 Å². The van der Waals surface area contributed by atoms with Gasteiger partial charge in [0.2, 0.25) is 5.91 Å². The van der Waals surface area contributed by atoms with E-state index < -0.39 is 0 Å². The molecule has 140 valence electrons.